The molecule has 2 aromatic rings. The number of hydrogen-bond acceptors (Lipinski definition) is 3. The van der Waals surface area contributed by atoms with Crippen molar-refractivity contribution < 1.29 is 27.2 Å². The molecule has 5 nitrogen and oxygen atoms in total. The fraction of sp³-hybridized carbons (Fsp3) is 0.429. The van der Waals surface area contributed by atoms with Crippen LogP contribution in [-0.4, -0.2) is 47.8 Å². The molecule has 156 valence electrons. The summed E-state index contributed by atoms with van der Waals surface area (Å²) in [5.74, 6) is -1.61. The second-order valence-electron chi connectivity index (χ2n) is 7.57. The molecule has 1 aliphatic rings. The van der Waals surface area contributed by atoms with Gasteiger partial charge in [0.1, 0.15) is 0 Å². The van der Waals surface area contributed by atoms with Gasteiger partial charge in [-0.2, -0.15) is 13.2 Å². The van der Waals surface area contributed by atoms with Crippen LogP contribution in [0, 0.1) is 5.92 Å². The van der Waals surface area contributed by atoms with Crippen LogP contribution in [0.5, 0.6) is 0 Å². The highest BCUT2D eigenvalue weighted by atomic mass is 19.4. The van der Waals surface area contributed by atoms with E-state index in [4.69, 9.17) is 4.42 Å². The fourth-order valence-corrected chi connectivity index (χ4v) is 3.58. The Hall–Kier alpha value is -2.77. The lowest BCUT2D eigenvalue weighted by molar-refractivity contribution is -0.137. The van der Waals surface area contributed by atoms with E-state index in [1.807, 2.05) is 13.8 Å². The van der Waals surface area contributed by atoms with Gasteiger partial charge in [-0.25, -0.2) is 0 Å². The molecule has 29 heavy (non-hydrogen) atoms. The first-order valence-corrected chi connectivity index (χ1v) is 9.36. The van der Waals surface area contributed by atoms with Crippen LogP contribution in [0.3, 0.4) is 0 Å². The Bertz CT molecular complexity index is 878. The van der Waals surface area contributed by atoms with Crippen molar-refractivity contribution in [2.75, 3.05) is 20.1 Å². The molecule has 0 N–H and O–H groups in total. The molecule has 0 spiro atoms. The van der Waals surface area contributed by atoms with Crippen molar-refractivity contribution >= 4 is 11.8 Å². The van der Waals surface area contributed by atoms with Gasteiger partial charge in [0.05, 0.1) is 17.7 Å². The van der Waals surface area contributed by atoms with Gasteiger partial charge in [0.25, 0.3) is 5.91 Å². The third kappa shape index (κ3) is 4.31. The summed E-state index contributed by atoms with van der Waals surface area (Å²) >= 11 is 0. The molecule has 2 heterocycles. The molecule has 2 atom stereocenters. The van der Waals surface area contributed by atoms with Crippen LogP contribution in [0.4, 0.5) is 13.2 Å². The highest BCUT2D eigenvalue weighted by Gasteiger charge is 2.43. The Labute approximate surface area is 167 Å². The van der Waals surface area contributed by atoms with E-state index in [2.05, 4.69) is 0 Å². The van der Waals surface area contributed by atoms with E-state index in [0.717, 1.165) is 12.1 Å². The van der Waals surface area contributed by atoms with Crippen molar-refractivity contribution in [2.24, 2.45) is 5.92 Å². The number of amides is 2. The van der Waals surface area contributed by atoms with Crippen molar-refractivity contribution in [3.8, 4) is 0 Å². The predicted octanol–water partition coefficient (Wildman–Crippen LogP) is 4.02. The maximum atomic E-state index is 13.2. The van der Waals surface area contributed by atoms with Gasteiger partial charge in [-0.05, 0) is 37.6 Å². The first-order valence-electron chi connectivity index (χ1n) is 9.36. The van der Waals surface area contributed by atoms with Crippen LogP contribution in [-0.2, 0) is 11.0 Å². The molecule has 0 bridgehead atoms. The van der Waals surface area contributed by atoms with Gasteiger partial charge >= 0.3 is 6.18 Å². The van der Waals surface area contributed by atoms with Crippen LogP contribution in [0.1, 0.15) is 41.4 Å². The Morgan fingerprint density at radius 2 is 1.90 bits per heavy atom. The summed E-state index contributed by atoms with van der Waals surface area (Å²) in [6, 6.07) is 8.03. The van der Waals surface area contributed by atoms with Crippen LogP contribution >= 0.6 is 0 Å². The van der Waals surface area contributed by atoms with Gasteiger partial charge in [0.15, 0.2) is 5.76 Å². The first-order chi connectivity index (χ1) is 13.6. The number of furan rings is 1. The number of carbonyl (C=O) groups is 2. The number of rotatable bonds is 4. The van der Waals surface area contributed by atoms with E-state index >= 15 is 0 Å². The predicted molar refractivity (Wildman–Crippen MR) is 100 cm³/mol. The number of halogens is 3. The van der Waals surface area contributed by atoms with Crippen molar-refractivity contribution in [1.29, 1.82) is 0 Å². The zero-order chi connectivity index (χ0) is 21.3. The SMILES string of the molecule is CC(C)N(C)C(=O)C1CN(C(=O)c2ccco2)CC1c1cccc(C(F)(F)F)c1. The normalized spacial score (nSPS) is 19.6. The lowest BCUT2D eigenvalue weighted by Gasteiger charge is -2.27. The van der Waals surface area contributed by atoms with Crippen molar-refractivity contribution in [3.63, 3.8) is 0 Å². The maximum Gasteiger partial charge on any atom is 0.416 e. The van der Waals surface area contributed by atoms with Crippen molar-refractivity contribution in [3.05, 3.63) is 59.5 Å². The van der Waals surface area contributed by atoms with Gasteiger partial charge in [0.2, 0.25) is 5.91 Å². The lowest BCUT2D eigenvalue weighted by atomic mass is 9.87. The number of benzene rings is 1. The number of carbonyl (C=O) groups excluding carboxylic acids is 2. The third-order valence-electron chi connectivity index (χ3n) is 5.42. The molecule has 1 aliphatic heterocycles. The highest BCUT2D eigenvalue weighted by Crippen LogP contribution is 2.37. The maximum absolute atomic E-state index is 13.2. The molecule has 3 rings (SSSR count). The second-order valence-corrected chi connectivity index (χ2v) is 7.57. The third-order valence-corrected chi connectivity index (χ3v) is 5.42. The average molecular weight is 408 g/mol. The summed E-state index contributed by atoms with van der Waals surface area (Å²) in [6.45, 7) is 3.98. The summed E-state index contributed by atoms with van der Waals surface area (Å²) in [5.41, 5.74) is -0.376. The van der Waals surface area contributed by atoms with Crippen LogP contribution in [0.25, 0.3) is 0 Å². The zero-order valence-corrected chi connectivity index (χ0v) is 16.4. The molecule has 1 aromatic heterocycles. The van der Waals surface area contributed by atoms with Crippen LogP contribution < -0.4 is 0 Å². The standard InChI is InChI=1S/C21H23F3N2O3/c1-13(2)25(3)19(27)17-12-26(20(28)18-8-5-9-29-18)11-16(17)14-6-4-7-15(10-14)21(22,23)24/h4-10,13,16-17H,11-12H2,1-3H3. The van der Waals surface area contributed by atoms with Crippen LogP contribution in [0.15, 0.2) is 47.1 Å². The second kappa shape index (κ2) is 7.93. The number of alkyl halides is 3. The van der Waals surface area contributed by atoms with Crippen molar-refractivity contribution in [2.45, 2.75) is 32.0 Å². The molecule has 2 unspecified atom stereocenters. The monoisotopic (exact) mass is 408 g/mol. The Morgan fingerprint density at radius 1 is 1.17 bits per heavy atom. The molecule has 1 saturated heterocycles. The van der Waals surface area contributed by atoms with E-state index < -0.39 is 23.6 Å². The Balaban J connectivity index is 1.95. The van der Waals surface area contributed by atoms with Crippen LogP contribution in [0.2, 0.25) is 0 Å². The number of hydrogen-bond donors (Lipinski definition) is 0. The number of nitrogens with zero attached hydrogens (tertiary/aromatic N) is 2. The average Bonchev–Trinajstić information content (AvgIpc) is 3.35. The first kappa shape index (κ1) is 21.0. The molecule has 0 saturated carbocycles. The smallest absolute Gasteiger partial charge is 0.416 e. The highest BCUT2D eigenvalue weighted by molar-refractivity contribution is 5.92. The summed E-state index contributed by atoms with van der Waals surface area (Å²) in [6.07, 6.45) is -3.10. The molecule has 0 radical (unpaired) electrons. The molecule has 2 amide bonds. The largest absolute Gasteiger partial charge is 0.459 e. The zero-order valence-electron chi connectivity index (χ0n) is 16.4. The topological polar surface area (TPSA) is 53.8 Å². The number of likely N-dealkylation sites (tertiary alicyclic amines) is 1. The summed E-state index contributed by atoms with van der Waals surface area (Å²) < 4.78 is 44.7. The Kier molecular flexibility index (Phi) is 5.73. The van der Waals surface area contributed by atoms with Gasteiger partial charge < -0.3 is 14.2 Å². The minimum Gasteiger partial charge on any atom is -0.459 e. The fourth-order valence-electron chi connectivity index (χ4n) is 3.58. The van der Waals surface area contributed by atoms with E-state index in [-0.39, 0.29) is 36.7 Å². The summed E-state index contributed by atoms with van der Waals surface area (Å²) in [5, 5.41) is 0. The summed E-state index contributed by atoms with van der Waals surface area (Å²) in [7, 11) is 1.66. The molecular weight excluding hydrogens is 385 g/mol. The van der Waals surface area contributed by atoms with E-state index in [1.54, 1.807) is 24.1 Å². The summed E-state index contributed by atoms with van der Waals surface area (Å²) in [4.78, 5) is 28.8. The Morgan fingerprint density at radius 3 is 2.48 bits per heavy atom. The quantitative estimate of drug-likeness (QED) is 0.768. The molecular formula is C21H23F3N2O3. The minimum atomic E-state index is -4.48. The van der Waals surface area contributed by atoms with E-state index in [0.29, 0.717) is 5.56 Å². The van der Waals surface area contributed by atoms with Gasteiger partial charge in [0, 0.05) is 32.1 Å². The minimum absolute atomic E-state index is 0.0699. The van der Waals surface area contributed by atoms with E-state index in [1.165, 1.54) is 23.3 Å². The van der Waals surface area contributed by atoms with Gasteiger partial charge in [-0.1, -0.05) is 18.2 Å². The van der Waals surface area contributed by atoms with Gasteiger partial charge in [-0.15, -0.1) is 0 Å². The van der Waals surface area contributed by atoms with Gasteiger partial charge in [-0.3, -0.25) is 9.59 Å². The molecule has 0 aliphatic carbocycles. The van der Waals surface area contributed by atoms with Crippen molar-refractivity contribution in [1.82, 2.24) is 9.80 Å². The lowest BCUT2D eigenvalue weighted by Crippen LogP contribution is -2.40. The van der Waals surface area contributed by atoms with E-state index in [9.17, 15) is 22.8 Å². The molecule has 1 fully saturated rings. The molecule has 1 aromatic carbocycles. The molecule has 8 heteroatoms.